The van der Waals surface area contributed by atoms with Gasteiger partial charge in [-0.25, -0.2) is 4.79 Å². The van der Waals surface area contributed by atoms with Crippen molar-refractivity contribution in [3.63, 3.8) is 0 Å². The molecule has 2 fully saturated rings. The highest BCUT2D eigenvalue weighted by Gasteiger charge is 2.48. The lowest BCUT2D eigenvalue weighted by molar-refractivity contribution is -0.141. The molecule has 2 aliphatic rings. The van der Waals surface area contributed by atoms with Crippen LogP contribution in [0.5, 0.6) is 0 Å². The summed E-state index contributed by atoms with van der Waals surface area (Å²) in [4.78, 5) is 18.5. The van der Waals surface area contributed by atoms with Crippen molar-refractivity contribution in [1.82, 2.24) is 4.98 Å². The lowest BCUT2D eigenvalue weighted by atomic mass is 9.75. The summed E-state index contributed by atoms with van der Waals surface area (Å²) in [7, 11) is -4.05. The molecule has 0 aliphatic heterocycles. The van der Waals surface area contributed by atoms with Gasteiger partial charge in [-0.15, -0.1) is 11.3 Å². The Morgan fingerprint density at radius 2 is 1.56 bits per heavy atom. The van der Waals surface area contributed by atoms with Gasteiger partial charge in [0.05, 0.1) is 12.2 Å². The van der Waals surface area contributed by atoms with Gasteiger partial charge in [-0.3, -0.25) is 9.55 Å². The molecule has 1 unspecified atom stereocenters. The Morgan fingerprint density at radius 3 is 2.05 bits per heavy atom. The van der Waals surface area contributed by atoms with E-state index in [0.717, 1.165) is 43.4 Å². The SMILES string of the molecule is CC(C)[C@H]1CC[C@@H](C)C[C@H]1OP(=O)(O[C@@H]1C[C@H](C)CC[C@H]1C(C)C)[C@@H](OC(=O)/C=C\c1cccs1)c1cccnc1. The van der Waals surface area contributed by atoms with Gasteiger partial charge in [-0.05, 0) is 84.8 Å². The molecular weight excluding hydrogens is 553 g/mol. The first-order chi connectivity index (χ1) is 19.6. The minimum Gasteiger partial charge on any atom is -0.441 e. The molecule has 0 amide bonds. The van der Waals surface area contributed by atoms with Crippen LogP contribution in [-0.2, 0) is 23.1 Å². The van der Waals surface area contributed by atoms with Gasteiger partial charge in [0.25, 0.3) is 0 Å². The molecule has 0 N–H and O–H groups in total. The number of esters is 1. The number of thiophene rings is 1. The zero-order valence-electron chi connectivity index (χ0n) is 25.5. The lowest BCUT2D eigenvalue weighted by Crippen LogP contribution is -2.37. The van der Waals surface area contributed by atoms with Crippen LogP contribution in [0.2, 0.25) is 0 Å². The molecule has 6 nitrogen and oxygen atoms in total. The number of aromatic nitrogens is 1. The minimum absolute atomic E-state index is 0.248. The maximum atomic E-state index is 15.4. The van der Waals surface area contributed by atoms with Gasteiger partial charge in [-0.1, -0.05) is 66.5 Å². The topological polar surface area (TPSA) is 74.7 Å². The van der Waals surface area contributed by atoms with Crippen LogP contribution in [0.1, 0.15) is 96.4 Å². The van der Waals surface area contributed by atoms with Crippen molar-refractivity contribution < 1.29 is 23.1 Å². The molecule has 8 atom stereocenters. The van der Waals surface area contributed by atoms with Gasteiger partial charge in [0.15, 0.2) is 0 Å². The summed E-state index contributed by atoms with van der Waals surface area (Å²) in [5.74, 6) is 0.335. The fourth-order valence-electron chi connectivity index (χ4n) is 6.51. The molecule has 2 aliphatic carbocycles. The minimum atomic E-state index is -4.05. The molecule has 226 valence electrons. The van der Waals surface area contributed by atoms with Crippen LogP contribution in [0.25, 0.3) is 6.08 Å². The molecule has 0 aromatic carbocycles. The highest BCUT2D eigenvalue weighted by molar-refractivity contribution is 7.54. The Kier molecular flexibility index (Phi) is 11.4. The van der Waals surface area contributed by atoms with Crippen molar-refractivity contribution in [2.75, 3.05) is 0 Å². The Labute approximate surface area is 250 Å². The quantitative estimate of drug-likeness (QED) is 0.145. The third-order valence-electron chi connectivity index (χ3n) is 8.90. The molecule has 2 aromatic heterocycles. The zero-order chi connectivity index (χ0) is 29.6. The summed E-state index contributed by atoms with van der Waals surface area (Å²) in [6.45, 7) is 13.3. The summed E-state index contributed by atoms with van der Waals surface area (Å²) in [6, 6.07) is 7.41. The maximum absolute atomic E-state index is 15.4. The van der Waals surface area contributed by atoms with Crippen LogP contribution in [0, 0.1) is 35.5 Å². The highest BCUT2D eigenvalue weighted by Crippen LogP contribution is 2.65. The Bertz CT molecular complexity index is 1130. The number of carbonyl (C=O) groups excluding carboxylic acids is 1. The lowest BCUT2D eigenvalue weighted by Gasteiger charge is -2.43. The molecular formula is C33H48NO5PS. The molecule has 2 heterocycles. The van der Waals surface area contributed by atoms with Crippen LogP contribution in [-0.4, -0.2) is 23.2 Å². The summed E-state index contributed by atoms with van der Waals surface area (Å²) >= 11 is 1.53. The van der Waals surface area contributed by atoms with Gasteiger partial charge >= 0.3 is 13.6 Å². The fraction of sp³-hybridized carbons (Fsp3) is 0.636. The first-order valence-corrected chi connectivity index (χ1v) is 17.8. The Morgan fingerprint density at radius 1 is 0.951 bits per heavy atom. The second kappa shape index (κ2) is 14.6. The van der Waals surface area contributed by atoms with E-state index in [1.54, 1.807) is 30.6 Å². The third-order valence-corrected chi connectivity index (χ3v) is 11.8. The molecule has 0 bridgehead atoms. The first kappa shape index (κ1) is 32.1. The molecule has 2 saturated carbocycles. The normalized spacial score (nSPS) is 29.5. The van der Waals surface area contributed by atoms with Gasteiger partial charge in [0.1, 0.15) is 0 Å². The predicted octanol–water partition coefficient (Wildman–Crippen LogP) is 9.55. The summed E-state index contributed by atoms with van der Waals surface area (Å²) in [5, 5.41) is 1.95. The van der Waals surface area contributed by atoms with Gasteiger partial charge in [0, 0.05) is 28.9 Å². The van der Waals surface area contributed by atoms with Crippen molar-refractivity contribution in [2.45, 2.75) is 98.1 Å². The summed E-state index contributed by atoms with van der Waals surface area (Å²) in [6.07, 6.45) is 11.7. The Hall–Kier alpha value is -1.79. The summed E-state index contributed by atoms with van der Waals surface area (Å²) in [5.41, 5.74) is 0.517. The van der Waals surface area contributed by atoms with E-state index in [1.807, 2.05) is 17.5 Å². The van der Waals surface area contributed by atoms with Crippen molar-refractivity contribution in [1.29, 1.82) is 0 Å². The van der Waals surface area contributed by atoms with E-state index in [0.29, 0.717) is 29.2 Å². The zero-order valence-corrected chi connectivity index (χ0v) is 27.2. The van der Waals surface area contributed by atoms with Crippen molar-refractivity contribution in [3.8, 4) is 0 Å². The van der Waals surface area contributed by atoms with E-state index in [2.05, 4.69) is 46.5 Å². The second-order valence-electron chi connectivity index (χ2n) is 12.9. The predicted molar refractivity (Wildman–Crippen MR) is 166 cm³/mol. The van der Waals surface area contributed by atoms with Crippen LogP contribution in [0.15, 0.2) is 48.1 Å². The third kappa shape index (κ3) is 8.63. The monoisotopic (exact) mass is 601 g/mol. The van der Waals surface area contributed by atoms with E-state index >= 15 is 4.57 Å². The molecule has 2 aromatic rings. The molecule has 8 heteroatoms. The fourth-order valence-corrected chi connectivity index (χ4v) is 9.39. The number of nitrogens with zero attached hydrogens (tertiary/aromatic N) is 1. The Balaban J connectivity index is 1.73. The number of hydrogen-bond acceptors (Lipinski definition) is 7. The average molecular weight is 602 g/mol. The van der Waals surface area contributed by atoms with Gasteiger partial charge in [-0.2, -0.15) is 0 Å². The highest BCUT2D eigenvalue weighted by atomic mass is 32.1. The molecule has 0 spiro atoms. The average Bonchev–Trinajstić information content (AvgIpc) is 3.44. The van der Waals surface area contributed by atoms with E-state index in [-0.39, 0.29) is 24.0 Å². The molecule has 0 radical (unpaired) electrons. The van der Waals surface area contributed by atoms with E-state index in [9.17, 15) is 4.79 Å². The van der Waals surface area contributed by atoms with E-state index in [4.69, 9.17) is 13.8 Å². The number of rotatable bonds is 11. The summed E-state index contributed by atoms with van der Waals surface area (Å²) < 4.78 is 35.0. The number of hydrogen-bond donors (Lipinski definition) is 0. The van der Waals surface area contributed by atoms with E-state index < -0.39 is 19.4 Å². The van der Waals surface area contributed by atoms with Crippen LogP contribution >= 0.6 is 18.9 Å². The second-order valence-corrected chi connectivity index (χ2v) is 15.9. The van der Waals surface area contributed by atoms with Gasteiger partial charge < -0.3 is 13.8 Å². The molecule has 4 rings (SSSR count). The number of ether oxygens (including phenoxy) is 1. The standard InChI is InChI=1S/C33H48NO5PS/c1-22(2)28-14-11-24(5)19-30(28)38-40(36,39-31-20-25(6)12-15-29(31)23(3)4)33(26-9-7-17-34-21-26)37-32(35)16-13-27-10-8-18-41-27/h7-10,13,16-18,21-25,28-31,33H,11-12,14-15,19-20H2,1-6H3/b16-13-/t24-,25-,28-,29+,30-,31-,33-,40?/m1/s1. The largest absolute Gasteiger partial charge is 0.441 e. The smallest absolute Gasteiger partial charge is 0.376 e. The number of pyridine rings is 1. The van der Waals surface area contributed by atoms with E-state index in [1.165, 1.54) is 17.4 Å². The molecule has 0 saturated heterocycles. The molecule has 41 heavy (non-hydrogen) atoms. The van der Waals surface area contributed by atoms with Crippen LogP contribution in [0.4, 0.5) is 0 Å². The van der Waals surface area contributed by atoms with Crippen molar-refractivity contribution in [3.05, 3.63) is 58.6 Å². The first-order valence-electron chi connectivity index (χ1n) is 15.3. The van der Waals surface area contributed by atoms with Gasteiger partial charge in [0.2, 0.25) is 5.85 Å². The maximum Gasteiger partial charge on any atom is 0.376 e. The van der Waals surface area contributed by atoms with Crippen molar-refractivity contribution in [2.24, 2.45) is 35.5 Å². The van der Waals surface area contributed by atoms with Crippen LogP contribution in [0.3, 0.4) is 0 Å². The number of carbonyl (C=O) groups is 1. The van der Waals surface area contributed by atoms with Crippen LogP contribution < -0.4 is 0 Å². The van der Waals surface area contributed by atoms with Crippen molar-refractivity contribution >= 4 is 31.0 Å².